The SMILES string of the molecule is C=C(Nc1nc(C)nc2c1CN(Cc1cccc(N3CCOC3=N)c1)C2=O)c1ccc(Cl)s1. The van der Waals surface area contributed by atoms with E-state index in [1.165, 1.54) is 11.3 Å². The number of ether oxygens (including phenoxy) is 1. The topological polar surface area (TPSA) is 94.4 Å². The number of nitrogens with zero attached hydrogens (tertiary/aromatic N) is 4. The number of rotatable bonds is 6. The first kappa shape index (κ1) is 21.4. The predicted octanol–water partition coefficient (Wildman–Crippen LogP) is 4.51. The minimum atomic E-state index is -0.133. The van der Waals surface area contributed by atoms with Gasteiger partial charge in [-0.2, -0.15) is 0 Å². The van der Waals surface area contributed by atoms with Crippen molar-refractivity contribution in [2.75, 3.05) is 23.4 Å². The highest BCUT2D eigenvalue weighted by atomic mass is 35.5. The molecule has 4 heterocycles. The van der Waals surface area contributed by atoms with E-state index in [2.05, 4.69) is 21.9 Å². The molecule has 0 spiro atoms. The Hall–Kier alpha value is -3.43. The van der Waals surface area contributed by atoms with Crippen LogP contribution in [0.3, 0.4) is 0 Å². The number of aryl methyl sites for hydroxylation is 1. The number of halogens is 1. The van der Waals surface area contributed by atoms with Crippen molar-refractivity contribution in [1.82, 2.24) is 14.9 Å². The molecule has 1 amide bonds. The number of nitrogens with one attached hydrogen (secondary N) is 2. The molecule has 2 aliphatic heterocycles. The normalized spacial score (nSPS) is 15.1. The fourth-order valence-electron chi connectivity index (χ4n) is 3.95. The zero-order chi connectivity index (χ0) is 23.1. The number of carbonyl (C=O) groups excluding carboxylic acids is 1. The van der Waals surface area contributed by atoms with Gasteiger partial charge in [0.1, 0.15) is 23.9 Å². The molecular weight excluding hydrogens is 460 g/mol. The highest BCUT2D eigenvalue weighted by Crippen LogP contribution is 2.32. The van der Waals surface area contributed by atoms with Crippen LogP contribution in [0.4, 0.5) is 11.5 Å². The van der Waals surface area contributed by atoms with E-state index in [1.54, 1.807) is 11.8 Å². The van der Waals surface area contributed by atoms with Gasteiger partial charge >= 0.3 is 0 Å². The third kappa shape index (κ3) is 4.17. The molecule has 5 rings (SSSR count). The predicted molar refractivity (Wildman–Crippen MR) is 130 cm³/mol. The van der Waals surface area contributed by atoms with Crippen LogP contribution in [0.2, 0.25) is 4.34 Å². The van der Waals surface area contributed by atoms with Crippen LogP contribution in [0.1, 0.15) is 32.3 Å². The van der Waals surface area contributed by atoms with Gasteiger partial charge in [-0.1, -0.05) is 30.3 Å². The van der Waals surface area contributed by atoms with Crippen LogP contribution in [0, 0.1) is 12.3 Å². The van der Waals surface area contributed by atoms with E-state index >= 15 is 0 Å². The molecule has 0 atom stereocenters. The number of hydrogen-bond donors (Lipinski definition) is 2. The van der Waals surface area contributed by atoms with Crippen LogP contribution >= 0.6 is 22.9 Å². The Morgan fingerprint density at radius 3 is 2.91 bits per heavy atom. The van der Waals surface area contributed by atoms with Gasteiger partial charge in [-0.15, -0.1) is 11.3 Å². The van der Waals surface area contributed by atoms with Crippen molar-refractivity contribution in [2.24, 2.45) is 0 Å². The maximum absolute atomic E-state index is 13.2. The lowest BCUT2D eigenvalue weighted by Gasteiger charge is -2.19. The van der Waals surface area contributed by atoms with Gasteiger partial charge in [0, 0.05) is 23.5 Å². The first-order valence-corrected chi connectivity index (χ1v) is 11.5. The summed E-state index contributed by atoms with van der Waals surface area (Å²) in [5.74, 6) is 0.961. The summed E-state index contributed by atoms with van der Waals surface area (Å²) >= 11 is 7.48. The maximum atomic E-state index is 13.2. The van der Waals surface area contributed by atoms with Gasteiger partial charge in [0.15, 0.2) is 0 Å². The Kier molecular flexibility index (Phi) is 5.51. The molecule has 1 saturated heterocycles. The number of thiophene rings is 1. The van der Waals surface area contributed by atoms with Crippen molar-refractivity contribution in [2.45, 2.75) is 20.0 Å². The molecule has 2 aliphatic rings. The first-order chi connectivity index (χ1) is 15.9. The lowest BCUT2D eigenvalue weighted by molar-refractivity contribution is 0.0762. The number of fused-ring (bicyclic) bond motifs is 1. The lowest BCUT2D eigenvalue weighted by Crippen LogP contribution is -2.25. The summed E-state index contributed by atoms with van der Waals surface area (Å²) in [5, 5.41) is 11.2. The van der Waals surface area contributed by atoms with Crippen molar-refractivity contribution in [3.63, 3.8) is 0 Å². The molecule has 0 bridgehead atoms. The summed E-state index contributed by atoms with van der Waals surface area (Å²) in [6.07, 6.45) is 0. The average Bonchev–Trinajstić information content (AvgIpc) is 3.49. The molecule has 2 aromatic heterocycles. The van der Waals surface area contributed by atoms with Crippen LogP contribution in [0.5, 0.6) is 0 Å². The molecular formula is C23H21ClN6O2S. The van der Waals surface area contributed by atoms with Crippen molar-refractivity contribution in [1.29, 1.82) is 5.41 Å². The van der Waals surface area contributed by atoms with Crippen molar-refractivity contribution in [3.05, 3.63) is 74.8 Å². The Bertz CT molecular complexity index is 1290. The quantitative estimate of drug-likeness (QED) is 0.539. The van der Waals surface area contributed by atoms with Gasteiger partial charge in [-0.25, -0.2) is 9.97 Å². The Balaban J connectivity index is 1.37. The summed E-state index contributed by atoms with van der Waals surface area (Å²) < 4.78 is 5.93. The summed E-state index contributed by atoms with van der Waals surface area (Å²) in [4.78, 5) is 26.6. The molecule has 33 heavy (non-hydrogen) atoms. The molecule has 0 unspecified atom stereocenters. The third-order valence-corrected chi connectivity index (χ3v) is 6.78. The summed E-state index contributed by atoms with van der Waals surface area (Å²) in [5.41, 5.74) is 3.67. The highest BCUT2D eigenvalue weighted by molar-refractivity contribution is 7.17. The molecule has 168 valence electrons. The van der Waals surface area contributed by atoms with Gasteiger partial charge in [-0.3, -0.25) is 15.1 Å². The fourth-order valence-corrected chi connectivity index (χ4v) is 4.92. The smallest absolute Gasteiger partial charge is 0.289 e. The first-order valence-electron chi connectivity index (χ1n) is 10.4. The number of aromatic nitrogens is 2. The number of anilines is 2. The Morgan fingerprint density at radius 1 is 1.33 bits per heavy atom. The monoisotopic (exact) mass is 480 g/mol. The Morgan fingerprint density at radius 2 is 2.18 bits per heavy atom. The second kappa shape index (κ2) is 8.49. The van der Waals surface area contributed by atoms with E-state index in [4.69, 9.17) is 21.7 Å². The molecule has 3 aromatic rings. The van der Waals surface area contributed by atoms with E-state index in [-0.39, 0.29) is 11.9 Å². The zero-order valence-electron chi connectivity index (χ0n) is 17.9. The van der Waals surface area contributed by atoms with Crippen LogP contribution < -0.4 is 10.2 Å². The maximum Gasteiger partial charge on any atom is 0.289 e. The molecule has 1 aromatic carbocycles. The second-order valence-electron chi connectivity index (χ2n) is 7.79. The van der Waals surface area contributed by atoms with E-state index in [1.807, 2.05) is 41.3 Å². The Labute approximate surface area is 200 Å². The van der Waals surface area contributed by atoms with Gasteiger partial charge in [0.2, 0.25) is 0 Å². The van der Waals surface area contributed by atoms with Gasteiger partial charge in [0.25, 0.3) is 11.9 Å². The average molecular weight is 481 g/mol. The standard InChI is InChI=1S/C23H21ClN6O2S/c1-13(18-6-7-19(24)33-18)26-21-17-12-29(22(31)20(17)27-14(2)28-21)11-15-4-3-5-16(10-15)30-8-9-32-23(30)25/h3-7,10,25H,1,8-9,11-12H2,2H3,(H,26,27,28). The third-order valence-electron chi connectivity index (χ3n) is 5.49. The van der Waals surface area contributed by atoms with E-state index in [9.17, 15) is 4.79 Å². The summed E-state index contributed by atoms with van der Waals surface area (Å²) in [6, 6.07) is 11.7. The number of amides is 1. The summed E-state index contributed by atoms with van der Waals surface area (Å²) in [7, 11) is 0. The number of benzene rings is 1. The minimum absolute atomic E-state index is 0.133. The fraction of sp³-hybridized carbons (Fsp3) is 0.217. The van der Waals surface area contributed by atoms with Crippen LogP contribution in [-0.2, 0) is 17.8 Å². The van der Waals surface area contributed by atoms with Crippen molar-refractivity contribution >= 4 is 52.1 Å². The highest BCUT2D eigenvalue weighted by Gasteiger charge is 2.33. The molecule has 10 heteroatoms. The van der Waals surface area contributed by atoms with Crippen LogP contribution in [0.15, 0.2) is 43.0 Å². The van der Waals surface area contributed by atoms with Gasteiger partial charge in [0.05, 0.1) is 22.3 Å². The molecule has 1 fully saturated rings. The largest absolute Gasteiger partial charge is 0.463 e. The number of hydrogen-bond acceptors (Lipinski definition) is 7. The van der Waals surface area contributed by atoms with Crippen LogP contribution in [0.25, 0.3) is 5.70 Å². The molecule has 8 nitrogen and oxygen atoms in total. The minimum Gasteiger partial charge on any atom is -0.463 e. The van der Waals surface area contributed by atoms with Gasteiger partial charge in [-0.05, 0) is 36.8 Å². The molecule has 0 saturated carbocycles. The number of amidine groups is 1. The summed E-state index contributed by atoms with van der Waals surface area (Å²) in [6.45, 7) is 7.82. The van der Waals surface area contributed by atoms with E-state index in [0.717, 1.165) is 21.7 Å². The lowest BCUT2D eigenvalue weighted by atomic mass is 10.1. The molecule has 0 radical (unpaired) electrons. The zero-order valence-corrected chi connectivity index (χ0v) is 19.5. The van der Waals surface area contributed by atoms with Gasteiger partial charge < -0.3 is 15.0 Å². The van der Waals surface area contributed by atoms with E-state index < -0.39 is 0 Å². The van der Waals surface area contributed by atoms with Crippen molar-refractivity contribution in [3.8, 4) is 0 Å². The molecule has 0 aliphatic carbocycles. The van der Waals surface area contributed by atoms with E-state index in [0.29, 0.717) is 53.6 Å². The number of carbonyl (C=O) groups is 1. The molecule has 2 N–H and O–H groups in total. The van der Waals surface area contributed by atoms with Crippen molar-refractivity contribution < 1.29 is 9.53 Å². The second-order valence-corrected chi connectivity index (χ2v) is 9.51. The van der Waals surface area contributed by atoms with Crippen LogP contribution in [-0.4, -0.2) is 39.9 Å².